The highest BCUT2D eigenvalue weighted by Gasteiger charge is 2.13. The van der Waals surface area contributed by atoms with Crippen LogP contribution in [0.2, 0.25) is 0 Å². The second-order valence-electron chi connectivity index (χ2n) is 8.75. The second kappa shape index (κ2) is 11.2. The molecule has 2 aromatic heterocycles. The normalized spacial score (nSPS) is 12.9. The number of rotatable bonds is 5. The maximum atomic E-state index is 13.5. The van der Waals surface area contributed by atoms with Crippen molar-refractivity contribution in [3.05, 3.63) is 112 Å². The molecule has 1 aliphatic rings. The van der Waals surface area contributed by atoms with Crippen LogP contribution in [0.4, 0.5) is 8.78 Å². The SMILES string of the molecule is O=C(NCC#Cc1ccc2nccc(C3=CCNCC3)c2c1)c1cncn(Cc2ccc(F)c(F)c2)c1=O. The number of nitrogens with zero attached hydrogens (tertiary/aromatic N) is 3. The molecule has 2 N–H and O–H groups in total. The first kappa shape index (κ1) is 25.0. The van der Waals surface area contributed by atoms with Crippen LogP contribution in [0.3, 0.4) is 0 Å². The predicted molar refractivity (Wildman–Crippen MR) is 140 cm³/mol. The van der Waals surface area contributed by atoms with Crippen molar-refractivity contribution in [2.75, 3.05) is 19.6 Å². The highest BCUT2D eigenvalue weighted by atomic mass is 19.2. The Hall–Kier alpha value is -4.68. The fourth-order valence-electron chi connectivity index (χ4n) is 4.29. The molecule has 0 saturated heterocycles. The van der Waals surface area contributed by atoms with Gasteiger partial charge in [0.15, 0.2) is 11.6 Å². The number of fused-ring (bicyclic) bond motifs is 1. The minimum Gasteiger partial charge on any atom is -0.341 e. The van der Waals surface area contributed by atoms with Crippen LogP contribution in [0, 0.1) is 23.5 Å². The summed E-state index contributed by atoms with van der Waals surface area (Å²) in [4.78, 5) is 33.8. The van der Waals surface area contributed by atoms with Gasteiger partial charge in [-0.1, -0.05) is 24.0 Å². The van der Waals surface area contributed by atoms with E-state index in [2.05, 4.69) is 38.5 Å². The van der Waals surface area contributed by atoms with Gasteiger partial charge >= 0.3 is 0 Å². The van der Waals surface area contributed by atoms with Crippen LogP contribution < -0.4 is 16.2 Å². The van der Waals surface area contributed by atoms with Gasteiger partial charge in [0.25, 0.3) is 11.5 Å². The molecule has 5 rings (SSSR count). The number of carbonyl (C=O) groups is 1. The molecule has 4 aromatic rings. The molecule has 9 heteroatoms. The lowest BCUT2D eigenvalue weighted by Gasteiger charge is -2.16. The average molecular weight is 512 g/mol. The van der Waals surface area contributed by atoms with Crippen LogP contribution in [0.25, 0.3) is 16.5 Å². The Bertz CT molecular complexity index is 1680. The van der Waals surface area contributed by atoms with E-state index in [4.69, 9.17) is 0 Å². The number of hydrogen-bond acceptors (Lipinski definition) is 5. The van der Waals surface area contributed by atoms with E-state index in [1.54, 1.807) is 0 Å². The lowest BCUT2D eigenvalue weighted by Crippen LogP contribution is -2.33. The molecule has 7 nitrogen and oxygen atoms in total. The maximum absolute atomic E-state index is 13.5. The van der Waals surface area contributed by atoms with E-state index in [1.807, 2.05) is 30.5 Å². The third kappa shape index (κ3) is 5.51. The van der Waals surface area contributed by atoms with E-state index in [1.165, 1.54) is 24.2 Å². The van der Waals surface area contributed by atoms with Crippen molar-refractivity contribution in [3.63, 3.8) is 0 Å². The Morgan fingerprint density at radius 3 is 2.84 bits per heavy atom. The molecule has 38 heavy (non-hydrogen) atoms. The fourth-order valence-corrected chi connectivity index (χ4v) is 4.29. The number of halogens is 2. The average Bonchev–Trinajstić information content (AvgIpc) is 2.94. The van der Waals surface area contributed by atoms with E-state index in [9.17, 15) is 18.4 Å². The van der Waals surface area contributed by atoms with Gasteiger partial charge in [0, 0.05) is 29.9 Å². The highest BCUT2D eigenvalue weighted by Crippen LogP contribution is 2.27. The summed E-state index contributed by atoms with van der Waals surface area (Å²) < 4.78 is 27.8. The summed E-state index contributed by atoms with van der Waals surface area (Å²) in [5.74, 6) is 3.35. The zero-order valence-corrected chi connectivity index (χ0v) is 20.3. The first-order valence-electron chi connectivity index (χ1n) is 12.0. The number of hydrogen-bond donors (Lipinski definition) is 2. The molecule has 1 amide bonds. The molecule has 0 unspecified atom stereocenters. The van der Waals surface area contributed by atoms with Crippen LogP contribution in [0.5, 0.6) is 0 Å². The molecule has 0 atom stereocenters. The molecular formula is C29H23F2N5O2. The van der Waals surface area contributed by atoms with Gasteiger partial charge in [0.05, 0.1) is 24.9 Å². The predicted octanol–water partition coefficient (Wildman–Crippen LogP) is 3.28. The van der Waals surface area contributed by atoms with Gasteiger partial charge in [0.2, 0.25) is 0 Å². The largest absolute Gasteiger partial charge is 0.341 e. The molecule has 0 saturated carbocycles. The summed E-state index contributed by atoms with van der Waals surface area (Å²) in [6, 6.07) is 11.2. The van der Waals surface area contributed by atoms with Crippen molar-refractivity contribution >= 4 is 22.4 Å². The Balaban J connectivity index is 1.28. The highest BCUT2D eigenvalue weighted by molar-refractivity contribution is 5.94. The van der Waals surface area contributed by atoms with Gasteiger partial charge in [-0.15, -0.1) is 0 Å². The van der Waals surface area contributed by atoms with Crippen LogP contribution in [-0.2, 0) is 6.54 Å². The van der Waals surface area contributed by atoms with Crippen molar-refractivity contribution in [3.8, 4) is 11.8 Å². The van der Waals surface area contributed by atoms with E-state index in [-0.39, 0.29) is 18.7 Å². The van der Waals surface area contributed by atoms with Crippen molar-refractivity contribution in [2.24, 2.45) is 0 Å². The smallest absolute Gasteiger partial charge is 0.266 e. The molecule has 0 fully saturated rings. The lowest BCUT2D eigenvalue weighted by molar-refractivity contribution is 0.0956. The Morgan fingerprint density at radius 1 is 1.13 bits per heavy atom. The third-order valence-corrected chi connectivity index (χ3v) is 6.20. The molecule has 190 valence electrons. The molecule has 1 aliphatic heterocycles. The van der Waals surface area contributed by atoms with E-state index >= 15 is 0 Å². The molecule has 0 bridgehead atoms. The molecule has 0 aliphatic carbocycles. The summed E-state index contributed by atoms with van der Waals surface area (Å²) in [6.45, 7) is 1.73. The van der Waals surface area contributed by atoms with Gasteiger partial charge < -0.3 is 10.6 Å². The van der Waals surface area contributed by atoms with Gasteiger partial charge in [0.1, 0.15) is 5.56 Å². The van der Waals surface area contributed by atoms with E-state index < -0.39 is 23.1 Å². The lowest BCUT2D eigenvalue weighted by atomic mass is 9.96. The van der Waals surface area contributed by atoms with Crippen LogP contribution in [0.1, 0.15) is 33.5 Å². The number of pyridine rings is 1. The van der Waals surface area contributed by atoms with Crippen molar-refractivity contribution < 1.29 is 13.6 Å². The van der Waals surface area contributed by atoms with Crippen LogP contribution in [-0.4, -0.2) is 40.1 Å². The zero-order chi connectivity index (χ0) is 26.5. The van der Waals surface area contributed by atoms with E-state index in [0.29, 0.717) is 5.56 Å². The maximum Gasteiger partial charge on any atom is 0.266 e. The number of aromatic nitrogens is 3. The Labute approximate surface area is 217 Å². The van der Waals surface area contributed by atoms with Gasteiger partial charge in [-0.05, 0) is 66.1 Å². The van der Waals surface area contributed by atoms with Gasteiger partial charge in [-0.2, -0.15) is 0 Å². The fraction of sp³-hybridized carbons (Fsp3) is 0.172. The summed E-state index contributed by atoms with van der Waals surface area (Å²) in [5.41, 5.74) is 3.68. The van der Waals surface area contributed by atoms with Crippen molar-refractivity contribution in [1.82, 2.24) is 25.2 Å². The quantitative estimate of drug-likeness (QED) is 0.402. The second-order valence-corrected chi connectivity index (χ2v) is 8.75. The van der Waals surface area contributed by atoms with Crippen molar-refractivity contribution in [2.45, 2.75) is 13.0 Å². The summed E-state index contributed by atoms with van der Waals surface area (Å²) >= 11 is 0. The van der Waals surface area contributed by atoms with Gasteiger partial charge in [-0.3, -0.25) is 19.1 Å². The minimum absolute atomic E-state index is 0.0189. The van der Waals surface area contributed by atoms with Gasteiger partial charge in [-0.25, -0.2) is 13.8 Å². The number of benzene rings is 2. The number of nitrogens with one attached hydrogen (secondary N) is 2. The monoisotopic (exact) mass is 511 g/mol. The third-order valence-electron chi connectivity index (χ3n) is 6.20. The minimum atomic E-state index is -1.02. The molecule has 3 heterocycles. The van der Waals surface area contributed by atoms with Crippen LogP contribution in [0.15, 0.2) is 72.1 Å². The topological polar surface area (TPSA) is 88.9 Å². The van der Waals surface area contributed by atoms with Crippen molar-refractivity contribution in [1.29, 1.82) is 0 Å². The zero-order valence-electron chi connectivity index (χ0n) is 20.3. The summed E-state index contributed by atoms with van der Waals surface area (Å²) in [7, 11) is 0. The summed E-state index contributed by atoms with van der Waals surface area (Å²) in [6.07, 6.45) is 7.35. The number of amides is 1. The molecular weight excluding hydrogens is 488 g/mol. The molecule has 0 spiro atoms. The first-order valence-corrected chi connectivity index (χ1v) is 12.0. The molecule has 0 radical (unpaired) electrons. The number of carbonyl (C=O) groups excluding carboxylic acids is 1. The standard InChI is InChI=1S/C29H23F2N5O2/c30-25-5-3-20(15-26(25)31)17-36-18-33-16-24(29(36)38)28(37)35-10-1-2-19-4-6-27-23(14-19)22(9-13-34-27)21-7-11-32-12-8-21/h3-7,9,13-16,18,32H,8,10-12,17H2,(H,35,37). The van der Waals surface area contributed by atoms with E-state index in [0.717, 1.165) is 58.2 Å². The molecule has 2 aromatic carbocycles. The Kier molecular flexibility index (Phi) is 7.33. The Morgan fingerprint density at radius 2 is 2.03 bits per heavy atom. The first-order chi connectivity index (χ1) is 18.5. The van der Waals surface area contributed by atoms with Crippen LogP contribution >= 0.6 is 0 Å². The summed E-state index contributed by atoms with van der Waals surface area (Å²) in [5, 5.41) is 6.96.